The molecular weight excluding hydrogens is 1080 g/mol. The summed E-state index contributed by atoms with van der Waals surface area (Å²) in [4.78, 5) is 10.2. The van der Waals surface area contributed by atoms with Crippen molar-refractivity contribution < 1.29 is 0 Å². The van der Waals surface area contributed by atoms with Gasteiger partial charge in [0.05, 0.1) is 0 Å². The lowest BCUT2D eigenvalue weighted by Crippen LogP contribution is -2.37. The molecule has 8 rings (SSSR count). The van der Waals surface area contributed by atoms with Crippen LogP contribution in [-0.2, 0) is 0 Å². The van der Waals surface area contributed by atoms with Gasteiger partial charge in [-0.2, -0.15) is 0 Å². The number of hydrogen-bond acceptors (Lipinski definition) is 7. The first-order valence-electron chi connectivity index (χ1n) is 39.1. The molecule has 0 spiro atoms. The monoisotopic (exact) mass is 1260 g/mol. The van der Waals surface area contributed by atoms with Gasteiger partial charge in [0, 0.05) is 19.8 Å². The Hall–Kier alpha value is -0.280. The van der Waals surface area contributed by atoms with Crippen molar-refractivity contribution in [3.8, 4) is 0 Å². The highest BCUT2D eigenvalue weighted by Crippen LogP contribution is 2.31. The van der Waals surface area contributed by atoms with Gasteiger partial charge in [0.1, 0.15) is 0 Å². The van der Waals surface area contributed by atoms with Crippen LogP contribution in [0.15, 0.2) is 0 Å². The maximum atomic E-state index is 5.58. The van der Waals surface area contributed by atoms with E-state index >= 15 is 0 Å². The molecule has 540 valence electrons. The molecule has 2 saturated carbocycles. The lowest BCUT2D eigenvalue weighted by atomic mass is 9.84. The Morgan fingerprint density at radius 2 is 0.596 bits per heavy atom. The largest absolute Gasteiger partial charge is 0.318 e. The summed E-state index contributed by atoms with van der Waals surface area (Å²) in [7, 11) is 0. The van der Waals surface area contributed by atoms with E-state index in [0.717, 1.165) is 95.4 Å². The van der Waals surface area contributed by atoms with Crippen molar-refractivity contribution in [2.45, 2.75) is 340 Å². The van der Waals surface area contributed by atoms with Crippen LogP contribution in [0.4, 0.5) is 0 Å². The van der Waals surface area contributed by atoms with Crippen LogP contribution in [0.25, 0.3) is 0 Å². The van der Waals surface area contributed by atoms with E-state index in [4.69, 9.17) is 5.73 Å². The quantitative estimate of drug-likeness (QED) is 0.106. The molecule has 8 fully saturated rings. The van der Waals surface area contributed by atoms with Gasteiger partial charge in [0.2, 0.25) is 0 Å². The minimum atomic E-state index is 0. The molecule has 6 aliphatic heterocycles. The zero-order valence-electron chi connectivity index (χ0n) is 62.6. The molecule has 0 bridgehead atoms. The van der Waals surface area contributed by atoms with Gasteiger partial charge in [0.25, 0.3) is 0 Å². The number of nitrogens with one attached hydrogen (secondary N) is 2. The Kier molecular flexibility index (Phi) is 62.8. The summed E-state index contributed by atoms with van der Waals surface area (Å²) in [6.07, 6.45) is 43.2. The number of hydrogen-bond donors (Lipinski definition) is 3. The highest BCUT2D eigenvalue weighted by molar-refractivity contribution is 4.78. The Labute approximate surface area is 566 Å². The maximum absolute atomic E-state index is 5.58. The Morgan fingerprint density at radius 1 is 0.303 bits per heavy atom. The highest BCUT2D eigenvalue weighted by atomic mass is 15.2. The smallest absolute Gasteiger partial charge is 0.0455 e. The van der Waals surface area contributed by atoms with Crippen LogP contribution in [-0.4, -0.2) is 124 Å². The molecule has 0 aromatic heterocycles. The van der Waals surface area contributed by atoms with Crippen molar-refractivity contribution in [3.05, 3.63) is 0 Å². The van der Waals surface area contributed by atoms with Crippen LogP contribution in [0.1, 0.15) is 340 Å². The van der Waals surface area contributed by atoms with Crippen LogP contribution < -0.4 is 16.4 Å². The molecule has 6 heterocycles. The van der Waals surface area contributed by atoms with Crippen molar-refractivity contribution >= 4 is 0 Å². The van der Waals surface area contributed by atoms with E-state index in [-0.39, 0.29) is 22.3 Å². The van der Waals surface area contributed by atoms with Gasteiger partial charge < -0.3 is 31.1 Å². The molecule has 0 aromatic carbocycles. The molecule has 3 unspecified atom stereocenters. The molecule has 2 aliphatic carbocycles. The topological polar surface area (TPSA) is 63.0 Å². The predicted molar refractivity (Wildman–Crippen MR) is 409 cm³/mol. The average molecular weight is 1260 g/mol. The van der Waals surface area contributed by atoms with Gasteiger partial charge >= 0.3 is 0 Å². The molecular formula is C82H177N7. The van der Waals surface area contributed by atoms with Gasteiger partial charge in [-0.25, -0.2) is 0 Å². The Balaban J connectivity index is -0.000000947. The van der Waals surface area contributed by atoms with Crippen molar-refractivity contribution in [1.82, 2.24) is 30.2 Å². The third kappa shape index (κ3) is 55.5. The normalized spacial score (nSPS) is 22.8. The fraction of sp³-hybridized carbons (Fsp3) is 1.00. The highest BCUT2D eigenvalue weighted by Gasteiger charge is 2.24. The molecule has 4 N–H and O–H groups in total. The second-order valence-corrected chi connectivity index (χ2v) is 33.2. The van der Waals surface area contributed by atoms with E-state index in [1.165, 1.54) is 291 Å². The number of piperidine rings is 5. The van der Waals surface area contributed by atoms with Gasteiger partial charge in [-0.3, -0.25) is 4.90 Å². The number of nitrogens with zero attached hydrogens (tertiary/aromatic N) is 4. The summed E-state index contributed by atoms with van der Waals surface area (Å²) < 4.78 is 0. The average Bonchev–Trinajstić information content (AvgIpc) is 4.35. The summed E-state index contributed by atoms with van der Waals surface area (Å²) >= 11 is 0. The number of likely N-dealkylation sites (tertiary alicyclic amines) is 4. The molecule has 8 aliphatic rings. The molecule has 0 radical (unpaired) electrons. The number of rotatable bonds is 21. The minimum absolute atomic E-state index is 0. The number of nitrogens with two attached hydrogens (primary N) is 1. The lowest BCUT2D eigenvalue weighted by molar-refractivity contribution is 0.171. The Morgan fingerprint density at radius 3 is 0.933 bits per heavy atom. The zero-order valence-corrected chi connectivity index (χ0v) is 62.6. The van der Waals surface area contributed by atoms with Crippen molar-refractivity contribution in [2.24, 2.45) is 94.5 Å². The summed E-state index contributed by atoms with van der Waals surface area (Å²) in [6, 6.07) is 0. The molecule has 89 heavy (non-hydrogen) atoms. The Bertz CT molecular complexity index is 1280. The van der Waals surface area contributed by atoms with E-state index in [9.17, 15) is 0 Å². The molecule has 7 heteroatoms. The fourth-order valence-corrected chi connectivity index (χ4v) is 16.0. The van der Waals surface area contributed by atoms with Gasteiger partial charge in [-0.1, -0.05) is 211 Å². The van der Waals surface area contributed by atoms with Crippen molar-refractivity contribution in [1.29, 1.82) is 0 Å². The second-order valence-electron chi connectivity index (χ2n) is 33.2. The summed E-state index contributed by atoms with van der Waals surface area (Å²) in [5, 5.41) is 6.88. The minimum Gasteiger partial charge on any atom is -0.318 e. The predicted octanol–water partition coefficient (Wildman–Crippen LogP) is 22.5. The molecule has 0 aromatic rings. The zero-order chi connectivity index (χ0) is 63.9. The van der Waals surface area contributed by atoms with Gasteiger partial charge in [-0.15, -0.1) is 0 Å². The van der Waals surface area contributed by atoms with Crippen LogP contribution >= 0.6 is 0 Å². The van der Waals surface area contributed by atoms with Crippen molar-refractivity contribution in [3.63, 3.8) is 0 Å². The molecule has 0 amide bonds. The first-order valence-corrected chi connectivity index (χ1v) is 39.1. The maximum Gasteiger partial charge on any atom is 0.0455 e. The van der Waals surface area contributed by atoms with Crippen LogP contribution in [0.2, 0.25) is 0 Å². The lowest BCUT2D eigenvalue weighted by Gasteiger charge is -2.32. The van der Waals surface area contributed by atoms with Crippen LogP contribution in [0, 0.1) is 88.8 Å². The van der Waals surface area contributed by atoms with Crippen LogP contribution in [0.3, 0.4) is 0 Å². The summed E-state index contributed by atoms with van der Waals surface area (Å²) in [6.45, 7) is 62.0. The molecule has 3 atom stereocenters. The van der Waals surface area contributed by atoms with Crippen LogP contribution in [0.5, 0.6) is 0 Å². The van der Waals surface area contributed by atoms with E-state index < -0.39 is 0 Å². The van der Waals surface area contributed by atoms with E-state index in [2.05, 4.69) is 155 Å². The third-order valence-electron chi connectivity index (χ3n) is 19.8. The summed E-state index contributed by atoms with van der Waals surface area (Å²) in [5.74, 6) is 14.2. The molecule has 7 nitrogen and oxygen atoms in total. The fourth-order valence-electron chi connectivity index (χ4n) is 16.0. The SMILES string of the molecule is C.C.C.CC(C)CC1CCCC1.CC(C)CC1CCCCC1.CC(C)CC1CCCNC1.CC(C)CC1CCCNC1.CC(C)CC1CCN(CN)CC1.CC(C)CN1CCCCC1.CCCN1CCC(CC(C)C)C1.CCCN1CCC(CC(C)C)CC1. The van der Waals surface area contributed by atoms with E-state index in [1.807, 2.05) is 0 Å². The van der Waals surface area contributed by atoms with Crippen molar-refractivity contribution in [2.75, 3.05) is 105 Å². The summed E-state index contributed by atoms with van der Waals surface area (Å²) in [5.41, 5.74) is 5.58. The van der Waals surface area contributed by atoms with E-state index in [0.29, 0.717) is 0 Å². The van der Waals surface area contributed by atoms with Gasteiger partial charge in [-0.05, 0) is 302 Å². The first kappa shape index (κ1) is 92.9. The standard InChI is InChI=1S/C12H25N.C11H23N.C10H22N2.C10H20.3C9H19N.C9H18.3CH4/c1-4-7-13-8-5-12(6-9-13)10-11(2)3;1-4-6-12-7-5-11(9-12)8-10(2)3;1-9(2)7-10-3-5-12(8-11)6-4-10;1-9(2)8-10-6-4-3-5-7-10;2*1-8(2)6-9-4-3-5-10-7-9;1-9(2)8-10-6-4-3-5-7-10;1-8(2)7-9-5-3-4-6-9;;;/h11-12H,4-10H2,1-3H3;10-11H,4-9H2,1-3H3;9-10H,3-8,11H2,1-2H3;9-10H,3-8H2,1-2H3;2*8-10H,3-7H2,1-2H3;9H,3-8H2,1-2H3;8-9H,3-7H2,1-2H3;3*1H4. The first-order chi connectivity index (χ1) is 41.1. The van der Waals surface area contributed by atoms with Gasteiger partial charge in [0.15, 0.2) is 0 Å². The molecule has 6 saturated heterocycles. The van der Waals surface area contributed by atoms with E-state index in [1.54, 1.807) is 0 Å². The third-order valence-corrected chi connectivity index (χ3v) is 19.8. The second kappa shape index (κ2) is 60.2.